The van der Waals surface area contributed by atoms with Gasteiger partial charge >= 0.3 is 0 Å². The number of carbonyl (C=O) groups is 2. The lowest BCUT2D eigenvalue weighted by molar-refractivity contribution is -0.122. The molecule has 1 aliphatic rings. The van der Waals surface area contributed by atoms with Crippen molar-refractivity contribution in [3.8, 4) is 11.8 Å². The molecule has 6 nitrogen and oxygen atoms in total. The third kappa shape index (κ3) is 4.39. The van der Waals surface area contributed by atoms with Gasteiger partial charge in [0.1, 0.15) is 5.75 Å². The zero-order chi connectivity index (χ0) is 18.5. The Kier molecular flexibility index (Phi) is 5.18. The predicted molar refractivity (Wildman–Crippen MR) is 96.8 cm³/mol. The number of hydrogen-bond donors (Lipinski definition) is 2. The van der Waals surface area contributed by atoms with E-state index in [4.69, 9.17) is 10.00 Å². The lowest BCUT2D eigenvalue weighted by atomic mass is 10.1. The quantitative estimate of drug-likeness (QED) is 0.839. The van der Waals surface area contributed by atoms with Crippen molar-refractivity contribution >= 4 is 17.5 Å². The van der Waals surface area contributed by atoms with E-state index >= 15 is 0 Å². The number of ether oxygens (including phenoxy) is 1. The third-order valence-electron chi connectivity index (χ3n) is 4.01. The van der Waals surface area contributed by atoms with Crippen LogP contribution in [-0.2, 0) is 4.79 Å². The highest BCUT2D eigenvalue weighted by molar-refractivity contribution is 6.04. The van der Waals surface area contributed by atoms with Crippen molar-refractivity contribution in [1.82, 2.24) is 5.32 Å². The third-order valence-corrected chi connectivity index (χ3v) is 4.01. The zero-order valence-electron chi connectivity index (χ0n) is 14.4. The molecule has 132 valence electrons. The molecule has 2 aromatic carbocycles. The highest BCUT2D eigenvalue weighted by Gasteiger charge is 2.25. The maximum absolute atomic E-state index is 12.4. The van der Waals surface area contributed by atoms with Crippen molar-refractivity contribution < 1.29 is 14.3 Å². The summed E-state index contributed by atoms with van der Waals surface area (Å²) in [6, 6.07) is 15.7. The van der Waals surface area contributed by atoms with Gasteiger partial charge in [-0.05, 0) is 56.2 Å². The topological polar surface area (TPSA) is 91.2 Å². The molecule has 0 aromatic heterocycles. The number of hydrogen-bond acceptors (Lipinski definition) is 4. The Labute approximate surface area is 151 Å². The van der Waals surface area contributed by atoms with Crippen LogP contribution in [0.4, 0.5) is 5.69 Å². The minimum Gasteiger partial charge on any atom is -0.481 e. The van der Waals surface area contributed by atoms with Gasteiger partial charge in [0.05, 0.1) is 22.9 Å². The molecule has 1 aliphatic carbocycles. The maximum Gasteiger partial charge on any atom is 0.265 e. The lowest BCUT2D eigenvalue weighted by Gasteiger charge is -2.16. The van der Waals surface area contributed by atoms with E-state index in [1.54, 1.807) is 55.5 Å². The number of nitrogens with one attached hydrogen (secondary N) is 2. The van der Waals surface area contributed by atoms with Crippen molar-refractivity contribution in [2.24, 2.45) is 0 Å². The average molecular weight is 349 g/mol. The zero-order valence-corrected chi connectivity index (χ0v) is 14.4. The number of rotatable bonds is 6. The van der Waals surface area contributed by atoms with Crippen LogP contribution in [0, 0.1) is 11.3 Å². The van der Waals surface area contributed by atoms with Gasteiger partial charge in [0.2, 0.25) is 0 Å². The molecule has 0 aliphatic heterocycles. The maximum atomic E-state index is 12.4. The van der Waals surface area contributed by atoms with Gasteiger partial charge in [0.25, 0.3) is 11.8 Å². The Balaban J connectivity index is 1.65. The van der Waals surface area contributed by atoms with Gasteiger partial charge in [-0.3, -0.25) is 9.59 Å². The Bertz CT molecular complexity index is 851. The molecule has 0 spiro atoms. The molecule has 2 N–H and O–H groups in total. The average Bonchev–Trinajstić information content (AvgIpc) is 3.46. The summed E-state index contributed by atoms with van der Waals surface area (Å²) in [5.74, 6) is -0.0588. The molecule has 1 fully saturated rings. The monoisotopic (exact) mass is 349 g/mol. The summed E-state index contributed by atoms with van der Waals surface area (Å²) in [5, 5.41) is 14.5. The Morgan fingerprint density at radius 3 is 2.50 bits per heavy atom. The number of para-hydroxylation sites is 1. The van der Waals surface area contributed by atoms with E-state index in [9.17, 15) is 9.59 Å². The van der Waals surface area contributed by atoms with Gasteiger partial charge in [0.15, 0.2) is 6.10 Å². The number of anilines is 1. The molecular weight excluding hydrogens is 330 g/mol. The summed E-state index contributed by atoms with van der Waals surface area (Å²) in [5.41, 5.74) is 1.40. The molecule has 0 heterocycles. The Hall–Kier alpha value is -3.33. The smallest absolute Gasteiger partial charge is 0.265 e. The predicted octanol–water partition coefficient (Wildman–Crippen LogP) is 2.86. The first-order chi connectivity index (χ1) is 12.6. The Morgan fingerprint density at radius 1 is 1.15 bits per heavy atom. The van der Waals surface area contributed by atoms with E-state index in [-0.39, 0.29) is 17.9 Å². The number of nitrogens with zero attached hydrogens (tertiary/aromatic N) is 1. The summed E-state index contributed by atoms with van der Waals surface area (Å²) < 4.78 is 5.60. The van der Waals surface area contributed by atoms with Crippen molar-refractivity contribution in [2.45, 2.75) is 31.9 Å². The molecule has 6 heteroatoms. The molecule has 2 amide bonds. The normalized spacial score (nSPS) is 14.0. The number of amides is 2. The molecule has 0 saturated heterocycles. The van der Waals surface area contributed by atoms with E-state index in [2.05, 4.69) is 10.6 Å². The Morgan fingerprint density at radius 2 is 1.85 bits per heavy atom. The SMILES string of the molecule is C[C@@H](Oc1ccc(C#N)cc1)C(=O)Nc1ccccc1C(=O)NC1CC1. The van der Waals surface area contributed by atoms with Crippen molar-refractivity contribution in [2.75, 3.05) is 5.32 Å². The number of nitriles is 1. The van der Waals surface area contributed by atoms with Gasteiger partial charge in [0, 0.05) is 6.04 Å². The van der Waals surface area contributed by atoms with Gasteiger partial charge in [-0.25, -0.2) is 0 Å². The van der Waals surface area contributed by atoms with Crippen LogP contribution in [0.5, 0.6) is 5.75 Å². The van der Waals surface area contributed by atoms with Gasteiger partial charge in [-0.2, -0.15) is 5.26 Å². The second kappa shape index (κ2) is 7.70. The summed E-state index contributed by atoms with van der Waals surface area (Å²) in [6.45, 7) is 1.63. The molecular formula is C20H19N3O3. The van der Waals surface area contributed by atoms with Crippen molar-refractivity contribution in [1.29, 1.82) is 5.26 Å². The number of benzene rings is 2. The van der Waals surface area contributed by atoms with Crippen LogP contribution in [-0.4, -0.2) is 24.0 Å². The van der Waals surface area contributed by atoms with Crippen molar-refractivity contribution in [3.63, 3.8) is 0 Å². The minimum atomic E-state index is -0.762. The van der Waals surface area contributed by atoms with E-state index in [0.29, 0.717) is 22.6 Å². The second-order valence-electron chi connectivity index (χ2n) is 6.18. The highest BCUT2D eigenvalue weighted by Crippen LogP contribution is 2.22. The van der Waals surface area contributed by atoms with Crippen molar-refractivity contribution in [3.05, 3.63) is 59.7 Å². The van der Waals surface area contributed by atoms with Gasteiger partial charge < -0.3 is 15.4 Å². The number of carbonyl (C=O) groups excluding carboxylic acids is 2. The fraction of sp³-hybridized carbons (Fsp3) is 0.250. The van der Waals surface area contributed by atoms with Crippen LogP contribution in [0.15, 0.2) is 48.5 Å². The summed E-state index contributed by atoms with van der Waals surface area (Å²) in [4.78, 5) is 24.7. The second-order valence-corrected chi connectivity index (χ2v) is 6.18. The van der Waals surface area contributed by atoms with E-state index in [0.717, 1.165) is 12.8 Å². The molecule has 0 unspecified atom stereocenters. The molecule has 1 saturated carbocycles. The minimum absolute atomic E-state index is 0.191. The standard InChI is InChI=1S/C20H19N3O3/c1-13(26-16-10-6-14(12-21)7-11-16)19(24)23-18-5-3-2-4-17(18)20(25)22-15-8-9-15/h2-7,10-11,13,15H,8-9H2,1H3,(H,22,25)(H,23,24)/t13-/m1/s1. The molecule has 3 rings (SSSR count). The molecule has 2 aromatic rings. The van der Waals surface area contributed by atoms with E-state index < -0.39 is 6.10 Å². The lowest BCUT2D eigenvalue weighted by Crippen LogP contribution is -2.32. The molecule has 26 heavy (non-hydrogen) atoms. The van der Waals surface area contributed by atoms with Crippen LogP contribution in [0.25, 0.3) is 0 Å². The molecule has 1 atom stereocenters. The highest BCUT2D eigenvalue weighted by atomic mass is 16.5. The van der Waals surface area contributed by atoms with Crippen LogP contribution in [0.2, 0.25) is 0 Å². The van der Waals surface area contributed by atoms with Gasteiger partial charge in [-0.15, -0.1) is 0 Å². The summed E-state index contributed by atoms with van der Waals surface area (Å²) in [7, 11) is 0. The van der Waals surface area contributed by atoms with Crippen LogP contribution < -0.4 is 15.4 Å². The van der Waals surface area contributed by atoms with E-state index in [1.807, 2.05) is 6.07 Å². The first kappa shape index (κ1) is 17.5. The van der Waals surface area contributed by atoms with Gasteiger partial charge in [-0.1, -0.05) is 12.1 Å². The summed E-state index contributed by atoms with van der Waals surface area (Å²) in [6.07, 6.45) is 1.23. The van der Waals surface area contributed by atoms with Crippen LogP contribution in [0.1, 0.15) is 35.7 Å². The van der Waals surface area contributed by atoms with E-state index in [1.165, 1.54) is 0 Å². The first-order valence-electron chi connectivity index (χ1n) is 8.44. The largest absolute Gasteiger partial charge is 0.481 e. The molecule has 0 radical (unpaired) electrons. The first-order valence-corrected chi connectivity index (χ1v) is 8.44. The molecule has 0 bridgehead atoms. The van der Waals surface area contributed by atoms with Crippen LogP contribution in [0.3, 0.4) is 0 Å². The van der Waals surface area contributed by atoms with Crippen LogP contribution >= 0.6 is 0 Å². The fourth-order valence-corrected chi connectivity index (χ4v) is 2.38. The fourth-order valence-electron chi connectivity index (χ4n) is 2.38. The summed E-state index contributed by atoms with van der Waals surface area (Å²) >= 11 is 0.